The van der Waals surface area contributed by atoms with Crippen molar-refractivity contribution < 1.29 is 14.3 Å². The summed E-state index contributed by atoms with van der Waals surface area (Å²) in [6.45, 7) is 4.60. The molecular formula is C27H25BrN2O3. The summed E-state index contributed by atoms with van der Waals surface area (Å²) in [6.07, 6.45) is 1.54. The van der Waals surface area contributed by atoms with E-state index in [9.17, 15) is 10.1 Å². The number of nitrogens with zero attached hydrogens (tertiary/aromatic N) is 1. The Morgan fingerprint density at radius 3 is 2.39 bits per heavy atom. The van der Waals surface area contributed by atoms with Crippen molar-refractivity contribution in [1.29, 1.82) is 5.26 Å². The Morgan fingerprint density at radius 2 is 1.76 bits per heavy atom. The van der Waals surface area contributed by atoms with Crippen molar-refractivity contribution in [2.45, 2.75) is 26.5 Å². The molecule has 0 fully saturated rings. The van der Waals surface area contributed by atoms with E-state index < -0.39 is 5.91 Å². The number of benzene rings is 3. The van der Waals surface area contributed by atoms with Gasteiger partial charge in [0.2, 0.25) is 0 Å². The molecule has 3 aromatic carbocycles. The highest BCUT2D eigenvalue weighted by molar-refractivity contribution is 9.10. The standard InChI is InChI=1S/C27H25BrN2O3/c1-3-32-25-16-21(15-24(28)26(25)33-18-20-10-6-4-7-11-20)14-23(17-29)27(31)30-19(2)22-12-8-5-9-13-22/h4-16,19H,3,18H2,1-2H3,(H,30,31)/b23-14-/t19-/m1/s1. The summed E-state index contributed by atoms with van der Waals surface area (Å²) in [4.78, 5) is 12.7. The van der Waals surface area contributed by atoms with E-state index >= 15 is 0 Å². The zero-order valence-electron chi connectivity index (χ0n) is 18.5. The van der Waals surface area contributed by atoms with E-state index in [4.69, 9.17) is 9.47 Å². The number of rotatable bonds is 9. The molecule has 33 heavy (non-hydrogen) atoms. The van der Waals surface area contributed by atoms with Gasteiger partial charge in [-0.1, -0.05) is 60.7 Å². The number of nitrogens with one attached hydrogen (secondary N) is 1. The molecule has 3 rings (SSSR count). The summed E-state index contributed by atoms with van der Waals surface area (Å²) in [6, 6.07) is 24.8. The molecule has 1 N–H and O–H groups in total. The van der Waals surface area contributed by atoms with Gasteiger partial charge < -0.3 is 14.8 Å². The summed E-state index contributed by atoms with van der Waals surface area (Å²) >= 11 is 3.54. The van der Waals surface area contributed by atoms with Gasteiger partial charge in [-0.25, -0.2) is 0 Å². The van der Waals surface area contributed by atoms with Crippen molar-refractivity contribution >= 4 is 27.9 Å². The second kappa shape index (κ2) is 11.9. The monoisotopic (exact) mass is 504 g/mol. The van der Waals surface area contributed by atoms with Crippen LogP contribution in [0.4, 0.5) is 0 Å². The van der Waals surface area contributed by atoms with Crippen LogP contribution in [0, 0.1) is 11.3 Å². The first kappa shape index (κ1) is 24.1. The molecule has 5 nitrogen and oxygen atoms in total. The highest BCUT2D eigenvalue weighted by atomic mass is 79.9. The van der Waals surface area contributed by atoms with E-state index in [1.54, 1.807) is 18.2 Å². The normalized spacial score (nSPS) is 11.9. The first-order chi connectivity index (χ1) is 16.0. The van der Waals surface area contributed by atoms with Gasteiger partial charge in [-0.05, 0) is 64.7 Å². The molecule has 1 atom stereocenters. The zero-order valence-corrected chi connectivity index (χ0v) is 20.1. The predicted octanol–water partition coefficient (Wildman–Crippen LogP) is 6.21. The van der Waals surface area contributed by atoms with E-state index in [2.05, 4.69) is 21.2 Å². The molecule has 168 valence electrons. The lowest BCUT2D eigenvalue weighted by Gasteiger charge is -2.15. The summed E-state index contributed by atoms with van der Waals surface area (Å²) in [5.41, 5.74) is 2.65. The van der Waals surface area contributed by atoms with Crippen molar-refractivity contribution in [3.8, 4) is 17.6 Å². The van der Waals surface area contributed by atoms with E-state index in [0.717, 1.165) is 11.1 Å². The highest BCUT2D eigenvalue weighted by Gasteiger charge is 2.16. The molecule has 0 unspecified atom stereocenters. The first-order valence-electron chi connectivity index (χ1n) is 10.6. The maximum Gasteiger partial charge on any atom is 0.262 e. The van der Waals surface area contributed by atoms with Gasteiger partial charge in [-0.2, -0.15) is 5.26 Å². The number of hydrogen-bond acceptors (Lipinski definition) is 4. The molecule has 0 bridgehead atoms. The lowest BCUT2D eigenvalue weighted by atomic mass is 10.1. The Labute approximate surface area is 202 Å². The third-order valence-electron chi connectivity index (χ3n) is 4.88. The minimum atomic E-state index is -0.438. The van der Waals surface area contributed by atoms with Gasteiger partial charge in [0.1, 0.15) is 18.2 Å². The molecular weight excluding hydrogens is 480 g/mol. The van der Waals surface area contributed by atoms with Gasteiger partial charge in [0.25, 0.3) is 5.91 Å². The van der Waals surface area contributed by atoms with Gasteiger partial charge in [0.05, 0.1) is 17.1 Å². The second-order valence-corrected chi connectivity index (χ2v) is 8.17. The van der Waals surface area contributed by atoms with Crippen LogP contribution in [-0.4, -0.2) is 12.5 Å². The smallest absolute Gasteiger partial charge is 0.262 e. The number of amides is 1. The van der Waals surface area contributed by atoms with Crippen LogP contribution in [-0.2, 0) is 11.4 Å². The van der Waals surface area contributed by atoms with Gasteiger partial charge in [0, 0.05) is 0 Å². The molecule has 3 aromatic rings. The molecule has 0 saturated heterocycles. The maximum absolute atomic E-state index is 12.7. The number of halogens is 1. The molecule has 0 saturated carbocycles. The molecule has 0 aliphatic carbocycles. The van der Waals surface area contributed by atoms with Crippen LogP contribution in [0.3, 0.4) is 0 Å². The van der Waals surface area contributed by atoms with E-state index in [1.165, 1.54) is 0 Å². The largest absolute Gasteiger partial charge is 0.490 e. The predicted molar refractivity (Wildman–Crippen MR) is 133 cm³/mol. The molecule has 0 aliphatic rings. The Hall–Kier alpha value is -3.56. The van der Waals surface area contributed by atoms with Crippen molar-refractivity contribution in [3.05, 3.63) is 99.5 Å². The number of nitriles is 1. The first-order valence-corrected chi connectivity index (χ1v) is 11.4. The van der Waals surface area contributed by atoms with Crippen molar-refractivity contribution in [2.24, 2.45) is 0 Å². The highest BCUT2D eigenvalue weighted by Crippen LogP contribution is 2.38. The number of carbonyl (C=O) groups is 1. The maximum atomic E-state index is 12.7. The van der Waals surface area contributed by atoms with Gasteiger partial charge in [-0.15, -0.1) is 0 Å². The van der Waals surface area contributed by atoms with E-state index in [0.29, 0.717) is 34.7 Å². The Kier molecular flexibility index (Phi) is 8.68. The summed E-state index contributed by atoms with van der Waals surface area (Å²) in [5.74, 6) is 0.662. The molecule has 0 aromatic heterocycles. The summed E-state index contributed by atoms with van der Waals surface area (Å²) in [7, 11) is 0. The minimum Gasteiger partial charge on any atom is -0.490 e. The Bertz CT molecular complexity index is 1160. The van der Waals surface area contributed by atoms with Crippen molar-refractivity contribution in [1.82, 2.24) is 5.32 Å². The summed E-state index contributed by atoms with van der Waals surface area (Å²) in [5, 5.41) is 12.5. The molecule has 0 aliphatic heterocycles. The van der Waals surface area contributed by atoms with Crippen LogP contribution < -0.4 is 14.8 Å². The quantitative estimate of drug-likeness (QED) is 0.277. The molecule has 0 spiro atoms. The van der Waals surface area contributed by atoms with E-state index in [-0.39, 0.29) is 11.6 Å². The average Bonchev–Trinajstić information content (AvgIpc) is 2.83. The van der Waals surface area contributed by atoms with Crippen LogP contribution in [0.2, 0.25) is 0 Å². The van der Waals surface area contributed by atoms with Crippen molar-refractivity contribution in [2.75, 3.05) is 6.61 Å². The Balaban J connectivity index is 1.81. The van der Waals surface area contributed by atoms with Crippen LogP contribution >= 0.6 is 15.9 Å². The van der Waals surface area contributed by atoms with Gasteiger partial charge >= 0.3 is 0 Å². The van der Waals surface area contributed by atoms with Gasteiger partial charge in [0.15, 0.2) is 11.5 Å². The lowest BCUT2D eigenvalue weighted by Crippen LogP contribution is -2.27. The molecule has 0 heterocycles. The minimum absolute atomic E-state index is 0.00471. The average molecular weight is 505 g/mol. The van der Waals surface area contributed by atoms with E-state index in [1.807, 2.05) is 80.6 Å². The van der Waals surface area contributed by atoms with Crippen LogP contribution in [0.1, 0.15) is 36.6 Å². The zero-order chi connectivity index (χ0) is 23.6. The number of ether oxygens (including phenoxy) is 2. The van der Waals surface area contributed by atoms with Crippen molar-refractivity contribution in [3.63, 3.8) is 0 Å². The molecule has 0 radical (unpaired) electrons. The fourth-order valence-electron chi connectivity index (χ4n) is 3.22. The number of carbonyl (C=O) groups excluding carboxylic acids is 1. The third kappa shape index (κ3) is 6.71. The molecule has 6 heteroatoms. The lowest BCUT2D eigenvalue weighted by molar-refractivity contribution is -0.117. The molecule has 1 amide bonds. The van der Waals surface area contributed by atoms with Crippen LogP contribution in [0.5, 0.6) is 11.5 Å². The van der Waals surface area contributed by atoms with Crippen LogP contribution in [0.25, 0.3) is 6.08 Å². The fraction of sp³-hybridized carbons (Fsp3) is 0.185. The SMILES string of the molecule is CCOc1cc(/C=C(/C#N)C(=O)N[C@H](C)c2ccccc2)cc(Br)c1OCc1ccccc1. The number of hydrogen-bond donors (Lipinski definition) is 1. The fourth-order valence-corrected chi connectivity index (χ4v) is 3.79. The Morgan fingerprint density at radius 1 is 1.09 bits per heavy atom. The summed E-state index contributed by atoms with van der Waals surface area (Å²) < 4.78 is 12.5. The second-order valence-electron chi connectivity index (χ2n) is 7.31. The van der Waals surface area contributed by atoms with Gasteiger partial charge in [-0.3, -0.25) is 4.79 Å². The topological polar surface area (TPSA) is 71.3 Å². The third-order valence-corrected chi connectivity index (χ3v) is 5.47. The van der Waals surface area contributed by atoms with Crippen LogP contribution in [0.15, 0.2) is 82.8 Å².